The summed E-state index contributed by atoms with van der Waals surface area (Å²) in [5.41, 5.74) is 1.17. The monoisotopic (exact) mass is 501 g/mol. The molecule has 1 aliphatic rings. The lowest BCUT2D eigenvalue weighted by molar-refractivity contribution is 0.0547. The Hall–Kier alpha value is -2.61. The summed E-state index contributed by atoms with van der Waals surface area (Å²) in [6, 6.07) is 8.02. The Morgan fingerprint density at radius 2 is 2.06 bits per heavy atom. The highest BCUT2D eigenvalue weighted by molar-refractivity contribution is 8.22. The van der Waals surface area contributed by atoms with Crippen molar-refractivity contribution in [1.82, 2.24) is 14.2 Å². The smallest absolute Gasteiger partial charge is 0.255 e. The average Bonchev–Trinajstić information content (AvgIpc) is 2.84. The van der Waals surface area contributed by atoms with E-state index < -0.39 is 22.9 Å². The van der Waals surface area contributed by atoms with E-state index in [-0.39, 0.29) is 42.3 Å². The van der Waals surface area contributed by atoms with Gasteiger partial charge >= 0.3 is 0 Å². The Balaban J connectivity index is 2.01. The zero-order valence-electron chi connectivity index (χ0n) is 20.9. The van der Waals surface area contributed by atoms with E-state index in [1.807, 2.05) is 20.8 Å². The van der Waals surface area contributed by atoms with Crippen molar-refractivity contribution in [1.29, 1.82) is 0 Å². The molecule has 1 aromatic heterocycles. The zero-order valence-corrected chi connectivity index (χ0v) is 21.7. The first kappa shape index (κ1) is 27.0. The molecule has 1 unspecified atom stereocenters. The maximum absolute atomic E-state index is 12.9. The van der Waals surface area contributed by atoms with Crippen LogP contribution in [-0.2, 0) is 0 Å². The molecular weight excluding hydrogens is 466 g/mol. The fraction of sp³-hybridized carbons (Fsp3) is 0.462. The fourth-order valence-electron chi connectivity index (χ4n) is 3.84. The van der Waals surface area contributed by atoms with E-state index in [1.54, 1.807) is 55.4 Å². The molecule has 8 nitrogen and oxygen atoms in total. The van der Waals surface area contributed by atoms with Crippen molar-refractivity contribution in [2.24, 2.45) is 11.8 Å². The topological polar surface area (TPSA) is 106 Å². The number of nitrogens with zero attached hydrogens (tertiary/aromatic N) is 3. The van der Waals surface area contributed by atoms with E-state index >= 15 is 0 Å². The van der Waals surface area contributed by atoms with E-state index in [1.165, 1.54) is 10.5 Å². The second-order valence-corrected chi connectivity index (χ2v) is 11.2. The van der Waals surface area contributed by atoms with E-state index in [0.29, 0.717) is 16.9 Å². The third-order valence-electron chi connectivity index (χ3n) is 5.92. The summed E-state index contributed by atoms with van der Waals surface area (Å²) in [4.78, 5) is 18.8. The van der Waals surface area contributed by atoms with Crippen LogP contribution in [0.15, 0.2) is 47.6 Å². The first-order valence-electron chi connectivity index (χ1n) is 11.7. The third kappa shape index (κ3) is 6.34. The standard InChI is InChI=1S/C26H35N3O5S/c1-18(2)8-9-21-10-11-25-23(13-21)34-24(16-28(5)26(31)22-7-6-12-27-14-22)19(3)15-29(20(4)17-30)35(25,32)33/h6-7,10-14,18-20,24,30,32-33H,15-17H2,1-5H3/t19-,20?,24+/m1/s1. The lowest BCUT2D eigenvalue weighted by atomic mass is 10.0. The maximum atomic E-state index is 12.9. The minimum absolute atomic E-state index is 0.180. The van der Waals surface area contributed by atoms with Gasteiger partial charge in [0, 0.05) is 49.4 Å². The van der Waals surface area contributed by atoms with Gasteiger partial charge < -0.3 is 14.7 Å². The molecule has 3 atom stereocenters. The molecule has 0 fully saturated rings. The predicted octanol–water partition coefficient (Wildman–Crippen LogP) is 3.97. The minimum atomic E-state index is -3.43. The number of ether oxygens (including phenoxy) is 1. The molecule has 1 amide bonds. The summed E-state index contributed by atoms with van der Waals surface area (Å²) in [6.45, 7) is 7.98. The van der Waals surface area contributed by atoms with Crippen LogP contribution < -0.4 is 4.74 Å². The molecular formula is C26H35N3O5S. The number of aliphatic hydroxyl groups is 1. The van der Waals surface area contributed by atoms with Crippen molar-refractivity contribution >= 4 is 16.7 Å². The Morgan fingerprint density at radius 1 is 1.31 bits per heavy atom. The Morgan fingerprint density at radius 3 is 2.69 bits per heavy atom. The van der Waals surface area contributed by atoms with Gasteiger partial charge in [0.1, 0.15) is 16.7 Å². The second-order valence-electron chi connectivity index (χ2n) is 9.30. The van der Waals surface area contributed by atoms with Crippen molar-refractivity contribution in [2.75, 3.05) is 26.7 Å². The molecule has 2 aromatic rings. The van der Waals surface area contributed by atoms with Gasteiger partial charge in [-0.1, -0.05) is 32.6 Å². The van der Waals surface area contributed by atoms with Crippen LogP contribution in [0.2, 0.25) is 0 Å². The van der Waals surface area contributed by atoms with E-state index in [9.17, 15) is 19.0 Å². The van der Waals surface area contributed by atoms with Gasteiger partial charge in [-0.15, -0.1) is 10.8 Å². The zero-order chi connectivity index (χ0) is 25.8. The van der Waals surface area contributed by atoms with Crippen LogP contribution in [0.1, 0.15) is 43.6 Å². The second kappa shape index (κ2) is 11.4. The quantitative estimate of drug-likeness (QED) is 0.533. The number of aromatic nitrogens is 1. The molecule has 9 heteroatoms. The molecule has 1 aromatic carbocycles. The van der Waals surface area contributed by atoms with E-state index in [4.69, 9.17) is 4.74 Å². The Bertz CT molecular complexity index is 1080. The Labute approximate surface area is 209 Å². The van der Waals surface area contributed by atoms with Crippen molar-refractivity contribution in [3.63, 3.8) is 0 Å². The average molecular weight is 502 g/mol. The van der Waals surface area contributed by atoms with Crippen molar-refractivity contribution in [3.05, 3.63) is 53.9 Å². The van der Waals surface area contributed by atoms with Crippen molar-refractivity contribution in [2.45, 2.75) is 44.7 Å². The number of rotatable bonds is 5. The van der Waals surface area contributed by atoms with Gasteiger partial charge in [-0.05, 0) is 37.3 Å². The van der Waals surface area contributed by atoms with Gasteiger partial charge in [0.2, 0.25) is 0 Å². The van der Waals surface area contributed by atoms with Crippen molar-refractivity contribution in [3.8, 4) is 17.6 Å². The molecule has 3 N–H and O–H groups in total. The fourth-order valence-corrected chi connectivity index (χ4v) is 5.74. The highest BCUT2D eigenvalue weighted by atomic mass is 32.3. The van der Waals surface area contributed by atoms with Crippen LogP contribution in [0.3, 0.4) is 0 Å². The normalized spacial score (nSPS) is 21.4. The molecule has 0 aliphatic carbocycles. The molecule has 0 saturated heterocycles. The molecule has 0 radical (unpaired) electrons. The molecule has 0 bridgehead atoms. The number of likely N-dealkylation sites (N-methyl/N-ethyl adjacent to an activating group) is 1. The molecule has 1 aliphatic heterocycles. The first-order valence-corrected chi connectivity index (χ1v) is 13.2. The number of aliphatic hydroxyl groups excluding tert-OH is 1. The number of hydrogen-bond acceptors (Lipinski definition) is 7. The number of carbonyl (C=O) groups is 1. The number of hydrogen-bond donors (Lipinski definition) is 3. The number of carbonyl (C=O) groups excluding carboxylic acids is 1. The molecule has 190 valence electrons. The number of fused-ring (bicyclic) bond motifs is 1. The van der Waals surface area contributed by atoms with Gasteiger partial charge in [-0.25, -0.2) is 0 Å². The first-order chi connectivity index (χ1) is 16.5. The van der Waals surface area contributed by atoms with Crippen LogP contribution in [0.25, 0.3) is 0 Å². The van der Waals surface area contributed by atoms with Crippen molar-refractivity contribution < 1.29 is 23.7 Å². The summed E-state index contributed by atoms with van der Waals surface area (Å²) < 4.78 is 30.5. The molecule has 2 heterocycles. The van der Waals surface area contributed by atoms with Crippen LogP contribution in [0, 0.1) is 23.7 Å². The SMILES string of the molecule is CC(C)C#Cc1ccc2c(c1)O[C@@H](CN(C)C(=O)c1cccnc1)[C@H](C)CN(C(C)CO)S2(O)O. The van der Waals surface area contributed by atoms with Crippen LogP contribution in [0.4, 0.5) is 0 Å². The van der Waals surface area contributed by atoms with Gasteiger partial charge in [-0.3, -0.25) is 18.9 Å². The van der Waals surface area contributed by atoms with Gasteiger partial charge in [-0.2, -0.15) is 4.31 Å². The summed E-state index contributed by atoms with van der Waals surface area (Å²) in [7, 11) is -1.73. The maximum Gasteiger partial charge on any atom is 0.255 e. The predicted molar refractivity (Wildman–Crippen MR) is 137 cm³/mol. The molecule has 3 rings (SSSR count). The van der Waals surface area contributed by atoms with Crippen LogP contribution in [-0.4, -0.2) is 73.2 Å². The summed E-state index contributed by atoms with van der Waals surface area (Å²) in [6.07, 6.45) is 2.69. The van der Waals surface area contributed by atoms with Gasteiger partial charge in [0.05, 0.1) is 18.7 Å². The van der Waals surface area contributed by atoms with Crippen LogP contribution in [0.5, 0.6) is 5.75 Å². The van der Waals surface area contributed by atoms with E-state index in [2.05, 4.69) is 16.8 Å². The third-order valence-corrected chi connectivity index (χ3v) is 8.01. The summed E-state index contributed by atoms with van der Waals surface area (Å²) in [5, 5.41) is 9.83. The molecule has 35 heavy (non-hydrogen) atoms. The lowest BCUT2D eigenvalue weighted by Crippen LogP contribution is -2.48. The minimum Gasteiger partial charge on any atom is -0.486 e. The van der Waals surface area contributed by atoms with Crippen LogP contribution >= 0.6 is 10.8 Å². The summed E-state index contributed by atoms with van der Waals surface area (Å²) in [5.74, 6) is 6.33. The van der Waals surface area contributed by atoms with E-state index in [0.717, 1.165) is 0 Å². The lowest BCUT2D eigenvalue weighted by Gasteiger charge is -2.49. The largest absolute Gasteiger partial charge is 0.486 e. The number of benzene rings is 1. The highest BCUT2D eigenvalue weighted by Gasteiger charge is 2.38. The molecule has 0 saturated carbocycles. The molecule has 0 spiro atoms. The van der Waals surface area contributed by atoms with Gasteiger partial charge in [0.15, 0.2) is 0 Å². The van der Waals surface area contributed by atoms with Gasteiger partial charge in [0.25, 0.3) is 5.91 Å². The summed E-state index contributed by atoms with van der Waals surface area (Å²) >= 11 is 0. The highest BCUT2D eigenvalue weighted by Crippen LogP contribution is 2.57. The Kier molecular flexibility index (Phi) is 8.80. The number of pyridine rings is 1. The number of amides is 1.